The van der Waals surface area contributed by atoms with Crippen molar-refractivity contribution in [2.45, 2.75) is 33.3 Å². The molecule has 1 amide bonds. The molecule has 2 aromatic carbocycles. The second kappa shape index (κ2) is 12.0. The van der Waals surface area contributed by atoms with Gasteiger partial charge in [-0.25, -0.2) is 18.4 Å². The summed E-state index contributed by atoms with van der Waals surface area (Å²) in [5.74, 6) is 1.70. The van der Waals surface area contributed by atoms with Crippen molar-refractivity contribution in [3.63, 3.8) is 0 Å². The molecule has 0 radical (unpaired) electrons. The summed E-state index contributed by atoms with van der Waals surface area (Å²) in [6.45, 7) is 7.48. The van der Waals surface area contributed by atoms with Crippen LogP contribution in [0.3, 0.4) is 0 Å². The molecular formula is C32H32N4O5S. The maximum atomic E-state index is 12.4. The van der Waals surface area contributed by atoms with E-state index < -0.39 is 10.0 Å². The van der Waals surface area contributed by atoms with Crippen molar-refractivity contribution in [1.29, 1.82) is 0 Å². The highest BCUT2D eigenvalue weighted by molar-refractivity contribution is 7.95. The van der Waals surface area contributed by atoms with Gasteiger partial charge in [-0.05, 0) is 90.9 Å². The minimum atomic E-state index is -3.64. The van der Waals surface area contributed by atoms with Crippen LogP contribution in [0, 0.1) is 19.8 Å². The molecule has 42 heavy (non-hydrogen) atoms. The molecule has 1 aliphatic rings. The van der Waals surface area contributed by atoms with Gasteiger partial charge in [-0.3, -0.25) is 9.52 Å². The number of ether oxygens (including phenoxy) is 2. The summed E-state index contributed by atoms with van der Waals surface area (Å²) in [6.07, 6.45) is 3.54. The van der Waals surface area contributed by atoms with Crippen molar-refractivity contribution < 1.29 is 22.7 Å². The Bertz CT molecular complexity index is 1750. The maximum absolute atomic E-state index is 12.4. The zero-order valence-electron chi connectivity index (χ0n) is 23.7. The zero-order valence-corrected chi connectivity index (χ0v) is 24.5. The molecule has 10 heteroatoms. The number of anilines is 2. The summed E-state index contributed by atoms with van der Waals surface area (Å²) in [5.41, 5.74) is 6.27. The third-order valence-corrected chi connectivity index (χ3v) is 7.90. The number of sulfonamides is 1. The van der Waals surface area contributed by atoms with Crippen LogP contribution in [0.4, 0.5) is 11.5 Å². The monoisotopic (exact) mass is 584 g/mol. The van der Waals surface area contributed by atoms with Crippen LogP contribution in [0.1, 0.15) is 29.5 Å². The van der Waals surface area contributed by atoms with E-state index in [0.717, 1.165) is 57.4 Å². The Morgan fingerprint density at radius 1 is 1.02 bits per heavy atom. The second-order valence-electron chi connectivity index (χ2n) is 10.2. The molecule has 0 atom stereocenters. The van der Waals surface area contributed by atoms with E-state index in [2.05, 4.69) is 21.6 Å². The van der Waals surface area contributed by atoms with Crippen molar-refractivity contribution >= 4 is 27.4 Å². The summed E-state index contributed by atoms with van der Waals surface area (Å²) < 4.78 is 37.9. The third-order valence-electron chi connectivity index (χ3n) is 6.94. The predicted molar refractivity (Wildman–Crippen MR) is 164 cm³/mol. The van der Waals surface area contributed by atoms with Crippen molar-refractivity contribution in [3.8, 4) is 34.0 Å². The highest BCUT2D eigenvalue weighted by atomic mass is 32.2. The molecule has 5 rings (SSSR count). The summed E-state index contributed by atoms with van der Waals surface area (Å²) in [6, 6.07) is 18.5. The van der Waals surface area contributed by atoms with Gasteiger partial charge in [0.15, 0.2) is 0 Å². The normalized spacial score (nSPS) is 12.8. The first-order chi connectivity index (χ1) is 20.1. The first-order valence-corrected chi connectivity index (χ1v) is 15.0. The molecule has 1 saturated carbocycles. The minimum Gasteiger partial charge on any atom is -0.497 e. The average molecular weight is 585 g/mol. The van der Waals surface area contributed by atoms with Crippen LogP contribution in [-0.2, 0) is 21.4 Å². The van der Waals surface area contributed by atoms with Crippen LogP contribution in [0.15, 0.2) is 78.8 Å². The fraction of sp³-hybridized carbons (Fsp3) is 0.219. The Morgan fingerprint density at radius 2 is 1.79 bits per heavy atom. The Labute approximate surface area is 245 Å². The lowest BCUT2D eigenvalue weighted by Crippen LogP contribution is -2.14. The number of amides is 1. The van der Waals surface area contributed by atoms with Gasteiger partial charge in [0, 0.05) is 34.8 Å². The Kier molecular flexibility index (Phi) is 8.26. The molecule has 2 N–H and O–H groups in total. The van der Waals surface area contributed by atoms with Gasteiger partial charge >= 0.3 is 0 Å². The van der Waals surface area contributed by atoms with Crippen LogP contribution in [0.5, 0.6) is 11.6 Å². The third kappa shape index (κ3) is 6.95. The second-order valence-corrected chi connectivity index (χ2v) is 11.8. The number of aromatic nitrogens is 2. The molecule has 0 saturated heterocycles. The van der Waals surface area contributed by atoms with Gasteiger partial charge in [0.25, 0.3) is 10.0 Å². The first-order valence-electron chi connectivity index (χ1n) is 13.5. The lowest BCUT2D eigenvalue weighted by molar-refractivity contribution is -0.117. The number of nitrogens with one attached hydrogen (secondary N) is 2. The van der Waals surface area contributed by atoms with Crippen molar-refractivity contribution in [3.05, 3.63) is 95.5 Å². The van der Waals surface area contributed by atoms with Crippen LogP contribution in [0.2, 0.25) is 0 Å². The molecule has 2 aromatic heterocycles. The highest BCUT2D eigenvalue weighted by Gasteiger charge is 2.30. The van der Waals surface area contributed by atoms with Crippen LogP contribution in [0.25, 0.3) is 22.4 Å². The number of hydrogen-bond acceptors (Lipinski definition) is 7. The molecule has 2 heterocycles. The molecule has 216 valence electrons. The van der Waals surface area contributed by atoms with Crippen molar-refractivity contribution in [1.82, 2.24) is 9.97 Å². The molecule has 0 unspecified atom stereocenters. The highest BCUT2D eigenvalue weighted by Crippen LogP contribution is 2.35. The molecule has 1 fully saturated rings. The van der Waals surface area contributed by atoms with Gasteiger partial charge in [-0.1, -0.05) is 24.8 Å². The van der Waals surface area contributed by atoms with E-state index in [0.29, 0.717) is 29.7 Å². The van der Waals surface area contributed by atoms with E-state index in [-0.39, 0.29) is 11.8 Å². The van der Waals surface area contributed by atoms with Gasteiger partial charge in [0.05, 0.1) is 12.8 Å². The van der Waals surface area contributed by atoms with Crippen LogP contribution >= 0.6 is 0 Å². The Balaban J connectivity index is 1.52. The average Bonchev–Trinajstić information content (AvgIpc) is 3.83. The van der Waals surface area contributed by atoms with E-state index in [1.165, 1.54) is 0 Å². The number of methoxy groups -OCH3 is 1. The van der Waals surface area contributed by atoms with Gasteiger partial charge in [-0.15, -0.1) is 0 Å². The summed E-state index contributed by atoms with van der Waals surface area (Å²) in [5, 5.41) is 3.79. The van der Waals surface area contributed by atoms with E-state index in [1.807, 2.05) is 62.4 Å². The number of carbonyl (C=O) groups excluding carboxylic acids is 1. The molecule has 0 bridgehead atoms. The number of nitrogens with zero attached hydrogens (tertiary/aromatic N) is 2. The molecule has 0 aliphatic heterocycles. The van der Waals surface area contributed by atoms with Crippen LogP contribution < -0.4 is 19.5 Å². The first kappa shape index (κ1) is 28.8. The largest absolute Gasteiger partial charge is 0.497 e. The molecule has 4 aromatic rings. The summed E-state index contributed by atoms with van der Waals surface area (Å²) >= 11 is 0. The number of pyridine rings is 2. The summed E-state index contributed by atoms with van der Waals surface area (Å²) in [7, 11) is -2.02. The van der Waals surface area contributed by atoms with Gasteiger partial charge < -0.3 is 14.8 Å². The number of carbonyl (C=O) groups is 1. The predicted octanol–water partition coefficient (Wildman–Crippen LogP) is 6.25. The van der Waals surface area contributed by atoms with E-state index >= 15 is 0 Å². The van der Waals surface area contributed by atoms with E-state index in [1.54, 1.807) is 25.4 Å². The quantitative estimate of drug-likeness (QED) is 0.214. The number of hydrogen-bond donors (Lipinski definition) is 2. The Morgan fingerprint density at radius 3 is 2.45 bits per heavy atom. The van der Waals surface area contributed by atoms with Crippen molar-refractivity contribution in [2.75, 3.05) is 17.1 Å². The zero-order chi connectivity index (χ0) is 29.9. The smallest absolute Gasteiger partial charge is 0.254 e. The standard InChI is InChI=1S/C32H32N4O5S/c1-5-42(38,39)36-25-10-13-27(20(2)14-25)29-15-24(16-31(34-29)41-19-22-6-11-26(40-4)12-7-22)28-17-30(33-18-21(28)3)35-32(37)23-8-9-23/h5-7,10-18,23,36H,1,8-9,19H2,2-4H3,(H,33,35,37). The molecule has 9 nitrogen and oxygen atoms in total. The minimum absolute atomic E-state index is 0.0148. The van der Waals surface area contributed by atoms with Gasteiger partial charge in [-0.2, -0.15) is 0 Å². The molecular weight excluding hydrogens is 552 g/mol. The SMILES string of the molecule is C=CS(=O)(=O)Nc1ccc(-c2cc(-c3cc(NC(=O)C4CC4)ncc3C)cc(OCc3ccc(OC)cc3)n2)c(C)c1. The molecule has 0 spiro atoms. The topological polar surface area (TPSA) is 120 Å². The fourth-order valence-corrected chi connectivity index (χ4v) is 4.99. The maximum Gasteiger partial charge on any atom is 0.254 e. The lowest BCUT2D eigenvalue weighted by atomic mass is 9.98. The number of rotatable bonds is 11. The van der Waals surface area contributed by atoms with E-state index in [9.17, 15) is 13.2 Å². The van der Waals surface area contributed by atoms with Gasteiger partial charge in [0.1, 0.15) is 18.2 Å². The summed E-state index contributed by atoms with van der Waals surface area (Å²) in [4.78, 5) is 21.6. The lowest BCUT2D eigenvalue weighted by Gasteiger charge is -2.15. The molecule has 1 aliphatic carbocycles. The number of aryl methyl sites for hydroxylation is 2. The van der Waals surface area contributed by atoms with Crippen LogP contribution in [-0.4, -0.2) is 31.4 Å². The Hall–Kier alpha value is -4.70. The van der Waals surface area contributed by atoms with E-state index in [4.69, 9.17) is 14.5 Å². The van der Waals surface area contributed by atoms with Gasteiger partial charge in [0.2, 0.25) is 11.8 Å². The van der Waals surface area contributed by atoms with Crippen molar-refractivity contribution in [2.24, 2.45) is 5.92 Å². The fourth-order valence-electron chi connectivity index (χ4n) is 4.45. The number of benzene rings is 2.